The van der Waals surface area contributed by atoms with Crippen molar-refractivity contribution in [1.82, 2.24) is 10.2 Å². The molecule has 1 saturated heterocycles. The summed E-state index contributed by atoms with van der Waals surface area (Å²) in [6.07, 6.45) is 8.86. The van der Waals surface area contributed by atoms with Crippen molar-refractivity contribution in [3.05, 3.63) is 83.6 Å². The molecule has 0 bridgehead atoms. The topological polar surface area (TPSA) is 41.6 Å². The molecule has 1 amide bonds. The van der Waals surface area contributed by atoms with Crippen LogP contribution < -0.4 is 10.1 Å². The Morgan fingerprint density at radius 2 is 1.73 bits per heavy atom. The van der Waals surface area contributed by atoms with Crippen molar-refractivity contribution in [3.63, 3.8) is 0 Å². The Balaban J connectivity index is 1.27. The molecule has 30 heavy (non-hydrogen) atoms. The lowest BCUT2D eigenvalue weighted by Gasteiger charge is -2.34. The molecule has 1 fully saturated rings. The van der Waals surface area contributed by atoms with Gasteiger partial charge in [0.05, 0.1) is 0 Å². The molecule has 1 aliphatic heterocycles. The number of carbonyl (C=O) groups excluding carboxylic acids is 1. The molecule has 156 valence electrons. The number of amides is 1. The van der Waals surface area contributed by atoms with Gasteiger partial charge < -0.3 is 10.1 Å². The van der Waals surface area contributed by atoms with Crippen LogP contribution in [0.4, 0.5) is 0 Å². The molecule has 0 radical (unpaired) electrons. The van der Waals surface area contributed by atoms with Crippen LogP contribution in [0, 0.1) is 5.92 Å². The minimum absolute atomic E-state index is 0.00811. The van der Waals surface area contributed by atoms with E-state index < -0.39 is 0 Å². The van der Waals surface area contributed by atoms with Crippen LogP contribution in [0.3, 0.4) is 0 Å². The third-order valence-corrected chi connectivity index (χ3v) is 5.88. The largest absolute Gasteiger partial charge is 0.457 e. The highest BCUT2D eigenvalue weighted by Crippen LogP contribution is 2.31. The van der Waals surface area contributed by atoms with Gasteiger partial charge in [0.25, 0.3) is 0 Å². The quantitative estimate of drug-likeness (QED) is 0.700. The average molecular weight is 403 g/mol. The van der Waals surface area contributed by atoms with E-state index >= 15 is 0 Å². The number of ether oxygens (including phenoxy) is 1. The molecule has 1 aliphatic carbocycles. The molecule has 0 spiro atoms. The summed E-state index contributed by atoms with van der Waals surface area (Å²) in [4.78, 5) is 13.9. The molecule has 2 aromatic rings. The summed E-state index contributed by atoms with van der Waals surface area (Å²) >= 11 is 0. The lowest BCUT2D eigenvalue weighted by atomic mass is 9.84. The van der Waals surface area contributed by atoms with E-state index in [9.17, 15) is 4.79 Å². The van der Waals surface area contributed by atoms with E-state index in [1.807, 2.05) is 30.3 Å². The molecule has 0 unspecified atom stereocenters. The smallest absolute Gasteiger partial charge is 0.221 e. The summed E-state index contributed by atoms with van der Waals surface area (Å²) in [6, 6.07) is 18.3. The Bertz CT molecular complexity index is 908. The summed E-state index contributed by atoms with van der Waals surface area (Å²) in [7, 11) is 0. The zero-order chi connectivity index (χ0) is 20.8. The van der Waals surface area contributed by atoms with Gasteiger partial charge in [-0.15, -0.1) is 0 Å². The van der Waals surface area contributed by atoms with Crippen molar-refractivity contribution in [1.29, 1.82) is 0 Å². The molecular formula is C26H30N2O2. The van der Waals surface area contributed by atoms with Gasteiger partial charge in [0, 0.05) is 19.2 Å². The number of hydrogen-bond donors (Lipinski definition) is 1. The van der Waals surface area contributed by atoms with Crippen LogP contribution >= 0.6 is 0 Å². The summed E-state index contributed by atoms with van der Waals surface area (Å²) in [5.74, 6) is 2.38. The first-order chi connectivity index (χ1) is 14.7. The number of hydrogen-bond acceptors (Lipinski definition) is 3. The second-order valence-corrected chi connectivity index (χ2v) is 8.21. The van der Waals surface area contributed by atoms with E-state index in [2.05, 4.69) is 46.6 Å². The number of nitrogens with one attached hydrogen (secondary N) is 1. The number of nitrogens with zero attached hydrogens (tertiary/aromatic N) is 1. The first-order valence-corrected chi connectivity index (χ1v) is 10.9. The highest BCUT2D eigenvalue weighted by molar-refractivity contribution is 5.75. The second-order valence-electron chi connectivity index (χ2n) is 8.21. The molecule has 4 rings (SSSR count). The van der Waals surface area contributed by atoms with Gasteiger partial charge in [0.15, 0.2) is 0 Å². The molecule has 4 nitrogen and oxygen atoms in total. The van der Waals surface area contributed by atoms with Crippen molar-refractivity contribution in [3.8, 4) is 11.5 Å². The number of para-hydroxylation sites is 1. The third-order valence-electron chi connectivity index (χ3n) is 5.88. The van der Waals surface area contributed by atoms with Gasteiger partial charge in [0.2, 0.25) is 5.91 Å². The van der Waals surface area contributed by atoms with Crippen molar-refractivity contribution >= 4 is 5.91 Å². The molecular weight excluding hydrogens is 372 g/mol. The molecule has 0 atom stereocenters. The maximum absolute atomic E-state index is 11.3. The zero-order valence-corrected chi connectivity index (χ0v) is 17.6. The fraction of sp³-hybridized carbons (Fsp3) is 0.346. The lowest BCUT2D eigenvalue weighted by molar-refractivity contribution is -0.118. The first-order valence-electron chi connectivity index (χ1n) is 10.9. The van der Waals surface area contributed by atoms with Crippen LogP contribution in [0.1, 0.15) is 38.2 Å². The third kappa shape index (κ3) is 5.61. The van der Waals surface area contributed by atoms with Gasteiger partial charge in [-0.05, 0) is 80.6 Å². The normalized spacial score (nSPS) is 17.8. The van der Waals surface area contributed by atoms with Crippen molar-refractivity contribution in [2.24, 2.45) is 5.92 Å². The fourth-order valence-electron chi connectivity index (χ4n) is 4.35. The SMILES string of the molecule is CC(=O)NC1=CCCC(C2CCN(Cc3ccc(Oc4ccccc4)cc3)CC2)=C1. The summed E-state index contributed by atoms with van der Waals surface area (Å²) in [5.41, 5.74) is 3.80. The van der Waals surface area contributed by atoms with Gasteiger partial charge in [-0.1, -0.05) is 42.0 Å². The molecule has 2 aliphatic rings. The number of piperidine rings is 1. The molecule has 0 saturated carbocycles. The van der Waals surface area contributed by atoms with Crippen LogP contribution in [0.5, 0.6) is 11.5 Å². The number of benzene rings is 2. The summed E-state index contributed by atoms with van der Waals surface area (Å²) in [5, 5.41) is 2.94. The highest BCUT2D eigenvalue weighted by Gasteiger charge is 2.23. The minimum Gasteiger partial charge on any atom is -0.457 e. The van der Waals surface area contributed by atoms with Crippen LogP contribution in [0.25, 0.3) is 0 Å². The van der Waals surface area contributed by atoms with E-state index in [0.29, 0.717) is 5.92 Å². The van der Waals surface area contributed by atoms with Gasteiger partial charge in [0.1, 0.15) is 11.5 Å². The maximum Gasteiger partial charge on any atom is 0.221 e. The maximum atomic E-state index is 11.3. The van der Waals surface area contributed by atoms with Crippen LogP contribution in [0.2, 0.25) is 0 Å². The molecule has 2 aromatic carbocycles. The standard InChI is InChI=1S/C26H30N2O2/c1-20(29)27-24-7-5-6-23(18-24)22-14-16-28(17-15-22)19-21-10-12-26(13-11-21)30-25-8-3-2-4-9-25/h2-4,7-13,18,22H,5-6,14-17,19H2,1H3,(H,27,29). The van der Waals surface area contributed by atoms with Crippen molar-refractivity contribution in [2.75, 3.05) is 13.1 Å². The molecule has 1 N–H and O–H groups in total. The molecule has 4 heteroatoms. The lowest BCUT2D eigenvalue weighted by Crippen LogP contribution is -2.34. The summed E-state index contributed by atoms with van der Waals surface area (Å²) < 4.78 is 5.89. The van der Waals surface area contributed by atoms with Gasteiger partial charge >= 0.3 is 0 Å². The number of rotatable bonds is 6. The fourth-order valence-corrected chi connectivity index (χ4v) is 4.35. The second kappa shape index (κ2) is 9.77. The zero-order valence-electron chi connectivity index (χ0n) is 17.6. The van der Waals surface area contributed by atoms with E-state index in [0.717, 1.165) is 49.7 Å². The molecule has 0 aromatic heterocycles. The Kier molecular flexibility index (Phi) is 6.65. The Labute approximate surface area is 179 Å². The first kappa shape index (κ1) is 20.4. The van der Waals surface area contributed by atoms with E-state index in [4.69, 9.17) is 4.74 Å². The van der Waals surface area contributed by atoms with Gasteiger partial charge in [-0.25, -0.2) is 0 Å². The Hall–Kier alpha value is -2.85. The number of carbonyl (C=O) groups is 1. The van der Waals surface area contributed by atoms with Gasteiger partial charge in [-0.3, -0.25) is 9.69 Å². The van der Waals surface area contributed by atoms with Crippen molar-refractivity contribution in [2.45, 2.75) is 39.2 Å². The Morgan fingerprint density at radius 3 is 2.43 bits per heavy atom. The number of likely N-dealkylation sites (tertiary alicyclic amines) is 1. The van der Waals surface area contributed by atoms with Gasteiger partial charge in [-0.2, -0.15) is 0 Å². The van der Waals surface area contributed by atoms with Crippen LogP contribution in [-0.2, 0) is 11.3 Å². The summed E-state index contributed by atoms with van der Waals surface area (Å²) in [6.45, 7) is 4.78. The average Bonchev–Trinajstić information content (AvgIpc) is 2.76. The number of allylic oxidation sites excluding steroid dienone is 3. The predicted molar refractivity (Wildman–Crippen MR) is 120 cm³/mol. The van der Waals surface area contributed by atoms with Crippen LogP contribution in [0.15, 0.2) is 78.0 Å². The van der Waals surface area contributed by atoms with E-state index in [-0.39, 0.29) is 5.91 Å². The predicted octanol–water partition coefficient (Wildman–Crippen LogP) is 5.43. The van der Waals surface area contributed by atoms with Crippen LogP contribution in [-0.4, -0.2) is 23.9 Å². The minimum atomic E-state index is 0.00811. The van der Waals surface area contributed by atoms with E-state index in [1.54, 1.807) is 6.92 Å². The molecule has 1 heterocycles. The van der Waals surface area contributed by atoms with E-state index in [1.165, 1.54) is 24.0 Å². The highest BCUT2D eigenvalue weighted by atomic mass is 16.5. The Morgan fingerprint density at radius 1 is 1.03 bits per heavy atom. The monoisotopic (exact) mass is 402 g/mol. The van der Waals surface area contributed by atoms with Crippen molar-refractivity contribution < 1.29 is 9.53 Å².